The predicted molar refractivity (Wildman–Crippen MR) is 100 cm³/mol. The van der Waals surface area contributed by atoms with Crippen LogP contribution in [0, 0.1) is 5.82 Å². The van der Waals surface area contributed by atoms with Crippen LogP contribution >= 0.6 is 0 Å². The van der Waals surface area contributed by atoms with Crippen LogP contribution in [0.2, 0.25) is 0 Å². The van der Waals surface area contributed by atoms with E-state index < -0.39 is 15.8 Å². The monoisotopic (exact) mass is 398 g/mol. The van der Waals surface area contributed by atoms with E-state index in [4.69, 9.17) is 0 Å². The highest BCUT2D eigenvalue weighted by Gasteiger charge is 2.35. The second-order valence-electron chi connectivity index (χ2n) is 7.48. The Morgan fingerprint density at radius 3 is 2.11 bits per heavy atom. The quantitative estimate of drug-likeness (QED) is 0.804. The third kappa shape index (κ3) is 4.67. The minimum absolute atomic E-state index is 0.112. The molecule has 1 amide bonds. The van der Waals surface area contributed by atoms with Crippen molar-refractivity contribution < 1.29 is 22.5 Å². The summed E-state index contributed by atoms with van der Waals surface area (Å²) in [6.07, 6.45) is 4.50. The molecule has 2 saturated heterocycles. The van der Waals surface area contributed by atoms with Crippen molar-refractivity contribution in [1.29, 1.82) is 0 Å². The second-order valence-corrected chi connectivity index (χ2v) is 9.42. The van der Waals surface area contributed by atoms with E-state index in [0.29, 0.717) is 26.2 Å². The van der Waals surface area contributed by atoms with Gasteiger partial charge in [0.25, 0.3) is 5.91 Å². The van der Waals surface area contributed by atoms with Gasteiger partial charge in [-0.1, -0.05) is 12.8 Å². The van der Waals surface area contributed by atoms with E-state index in [2.05, 4.69) is 0 Å². The Hall–Kier alpha value is -1.51. The van der Waals surface area contributed by atoms with Gasteiger partial charge in [-0.2, -0.15) is 4.31 Å². The lowest BCUT2D eigenvalue weighted by molar-refractivity contribution is -0.918. The number of rotatable bonds is 4. The van der Waals surface area contributed by atoms with Gasteiger partial charge in [-0.3, -0.25) is 4.79 Å². The molecule has 0 spiro atoms. The Labute approximate surface area is 161 Å². The number of nitrogens with one attached hydrogen (secondary N) is 1. The number of amides is 1. The maximum atomic E-state index is 13.1. The molecule has 1 aromatic carbocycles. The maximum Gasteiger partial charge on any atom is 0.280 e. The van der Waals surface area contributed by atoms with Crippen molar-refractivity contribution in [1.82, 2.24) is 9.21 Å². The van der Waals surface area contributed by atoms with Crippen LogP contribution in [0.4, 0.5) is 4.39 Å². The van der Waals surface area contributed by atoms with Gasteiger partial charge in [0.05, 0.1) is 31.1 Å². The van der Waals surface area contributed by atoms with Crippen molar-refractivity contribution in [3.63, 3.8) is 0 Å². The van der Waals surface area contributed by atoms with E-state index >= 15 is 0 Å². The van der Waals surface area contributed by atoms with Crippen molar-refractivity contribution in [2.24, 2.45) is 0 Å². The topological polar surface area (TPSA) is 62.1 Å². The first-order valence-corrected chi connectivity index (χ1v) is 11.2. The Morgan fingerprint density at radius 1 is 1.00 bits per heavy atom. The standard InChI is InChI=1S/C19H28FN3O3S/c1-16(19(24)22-10-4-2-3-5-11-22)21-12-14-23(15-13-21)27(25,26)18-8-6-17(20)7-9-18/h6-9,16H,2-5,10-15H2,1H3/p+1/t16-/m1/s1. The second kappa shape index (κ2) is 8.67. The predicted octanol–water partition coefficient (Wildman–Crippen LogP) is 0.506. The number of carbonyl (C=O) groups is 1. The number of sulfonamides is 1. The molecule has 2 aliphatic rings. The van der Waals surface area contributed by atoms with E-state index in [1.165, 1.54) is 29.3 Å². The summed E-state index contributed by atoms with van der Waals surface area (Å²) >= 11 is 0. The van der Waals surface area contributed by atoms with E-state index in [0.717, 1.165) is 43.0 Å². The van der Waals surface area contributed by atoms with Crippen molar-refractivity contribution in [3.05, 3.63) is 30.1 Å². The zero-order valence-corrected chi connectivity index (χ0v) is 16.7. The molecule has 0 bridgehead atoms. The van der Waals surface area contributed by atoms with Crippen molar-refractivity contribution >= 4 is 15.9 Å². The molecular weight excluding hydrogens is 369 g/mol. The molecule has 1 aromatic rings. The number of hydrogen-bond acceptors (Lipinski definition) is 3. The molecular formula is C19H29FN3O3S+. The number of benzene rings is 1. The van der Waals surface area contributed by atoms with Crippen molar-refractivity contribution in [2.75, 3.05) is 39.3 Å². The number of nitrogens with zero attached hydrogens (tertiary/aromatic N) is 2. The molecule has 1 N–H and O–H groups in total. The Balaban J connectivity index is 1.59. The van der Waals surface area contributed by atoms with E-state index in [1.54, 1.807) is 0 Å². The van der Waals surface area contributed by atoms with E-state index in [9.17, 15) is 17.6 Å². The summed E-state index contributed by atoms with van der Waals surface area (Å²) < 4.78 is 39.9. The Kier molecular flexibility index (Phi) is 6.49. The van der Waals surface area contributed by atoms with Crippen molar-refractivity contribution in [2.45, 2.75) is 43.5 Å². The Morgan fingerprint density at radius 2 is 1.56 bits per heavy atom. The summed E-state index contributed by atoms with van der Waals surface area (Å²) in [6.45, 7) is 5.55. The van der Waals surface area contributed by atoms with Crippen LogP contribution in [0.3, 0.4) is 0 Å². The van der Waals surface area contributed by atoms with Crippen molar-refractivity contribution in [3.8, 4) is 0 Å². The molecule has 1 atom stereocenters. The van der Waals surface area contributed by atoms with Gasteiger partial charge < -0.3 is 9.80 Å². The largest absolute Gasteiger partial charge is 0.338 e. The summed E-state index contributed by atoms with van der Waals surface area (Å²) in [6, 6.07) is 4.77. The van der Waals surface area contributed by atoms with E-state index in [-0.39, 0.29) is 16.8 Å². The average Bonchev–Trinajstić information content (AvgIpc) is 2.97. The molecule has 6 nitrogen and oxygen atoms in total. The highest BCUT2D eigenvalue weighted by molar-refractivity contribution is 7.89. The number of hydrogen-bond donors (Lipinski definition) is 1. The first-order valence-electron chi connectivity index (χ1n) is 9.78. The van der Waals surface area contributed by atoms with Crippen LogP contribution in [-0.2, 0) is 14.8 Å². The lowest BCUT2D eigenvalue weighted by Crippen LogP contribution is -3.19. The SMILES string of the molecule is C[C@H](C(=O)N1CCCCCC1)[NH+]1CCN(S(=O)(=O)c2ccc(F)cc2)CC1. The van der Waals surface area contributed by atoms with Gasteiger partial charge in [0, 0.05) is 13.1 Å². The number of likely N-dealkylation sites (tertiary alicyclic amines) is 1. The molecule has 27 heavy (non-hydrogen) atoms. The number of halogens is 1. The van der Waals surface area contributed by atoms with Gasteiger partial charge >= 0.3 is 0 Å². The molecule has 0 aliphatic carbocycles. The molecule has 2 fully saturated rings. The normalized spacial score (nSPS) is 21.6. The maximum absolute atomic E-state index is 13.1. The first-order chi connectivity index (χ1) is 12.9. The van der Waals surface area contributed by atoms with E-state index in [1.807, 2.05) is 11.8 Å². The summed E-state index contributed by atoms with van der Waals surface area (Å²) in [5.41, 5.74) is 0. The fourth-order valence-electron chi connectivity index (χ4n) is 3.94. The minimum Gasteiger partial charge on any atom is -0.338 e. The Bertz CT molecular complexity index is 738. The van der Waals surface area contributed by atoms with Gasteiger partial charge in [0.1, 0.15) is 5.82 Å². The fraction of sp³-hybridized carbons (Fsp3) is 0.632. The van der Waals surface area contributed by atoms with Gasteiger partial charge in [0.15, 0.2) is 6.04 Å². The third-order valence-corrected chi connectivity index (χ3v) is 7.63. The molecule has 0 unspecified atom stereocenters. The van der Waals surface area contributed by atoms with Gasteiger partial charge in [-0.15, -0.1) is 0 Å². The molecule has 0 aromatic heterocycles. The van der Waals surface area contributed by atoms with Gasteiger partial charge in [0.2, 0.25) is 10.0 Å². The number of piperazine rings is 1. The number of carbonyl (C=O) groups excluding carboxylic acids is 1. The lowest BCUT2D eigenvalue weighted by Gasteiger charge is -2.35. The summed E-state index contributed by atoms with van der Waals surface area (Å²) in [7, 11) is -3.62. The van der Waals surface area contributed by atoms with Crippen LogP contribution in [0.5, 0.6) is 0 Å². The van der Waals surface area contributed by atoms with Crippen LogP contribution in [-0.4, -0.2) is 68.8 Å². The van der Waals surface area contributed by atoms with Gasteiger partial charge in [-0.25, -0.2) is 12.8 Å². The summed E-state index contributed by atoms with van der Waals surface area (Å²) in [4.78, 5) is 16.0. The summed E-state index contributed by atoms with van der Waals surface area (Å²) in [5, 5.41) is 0. The fourth-order valence-corrected chi connectivity index (χ4v) is 5.38. The highest BCUT2D eigenvalue weighted by Crippen LogP contribution is 2.16. The van der Waals surface area contributed by atoms with Gasteiger partial charge in [-0.05, 0) is 44.0 Å². The van der Waals surface area contributed by atoms with Crippen LogP contribution in [0.15, 0.2) is 29.2 Å². The highest BCUT2D eigenvalue weighted by atomic mass is 32.2. The summed E-state index contributed by atoms with van der Waals surface area (Å²) in [5.74, 6) is -0.272. The molecule has 0 radical (unpaired) electrons. The molecule has 2 heterocycles. The molecule has 0 saturated carbocycles. The molecule has 2 aliphatic heterocycles. The van der Waals surface area contributed by atoms with Crippen LogP contribution in [0.25, 0.3) is 0 Å². The first kappa shape index (κ1) is 20.2. The molecule has 8 heteroatoms. The zero-order valence-electron chi connectivity index (χ0n) is 15.9. The third-order valence-electron chi connectivity index (χ3n) is 5.72. The molecule has 150 valence electrons. The lowest BCUT2D eigenvalue weighted by atomic mass is 10.2. The number of quaternary nitrogens is 1. The average molecular weight is 399 g/mol. The van der Waals surface area contributed by atoms with Crippen LogP contribution in [0.1, 0.15) is 32.6 Å². The molecule has 3 rings (SSSR count). The van der Waals surface area contributed by atoms with Crippen LogP contribution < -0.4 is 4.90 Å². The smallest absolute Gasteiger partial charge is 0.280 e. The zero-order chi connectivity index (χ0) is 19.4. The minimum atomic E-state index is -3.62.